The molecule has 4 nitrogen and oxygen atoms in total. The molecule has 1 N–H and O–H groups in total. The van der Waals surface area contributed by atoms with Crippen LogP contribution in [-0.4, -0.2) is 20.9 Å². The summed E-state index contributed by atoms with van der Waals surface area (Å²) in [5.41, 5.74) is 0.922. The highest BCUT2D eigenvalue weighted by atomic mass is 16.4. The molecule has 0 saturated heterocycles. The quantitative estimate of drug-likeness (QED) is 0.690. The fourth-order valence-corrected chi connectivity index (χ4v) is 0.819. The van der Waals surface area contributed by atoms with Gasteiger partial charge >= 0.3 is 5.97 Å². The van der Waals surface area contributed by atoms with Crippen molar-refractivity contribution in [1.29, 1.82) is 0 Å². The summed E-state index contributed by atoms with van der Waals surface area (Å²) in [6.07, 6.45) is 2.51. The first-order chi connectivity index (χ1) is 5.22. The van der Waals surface area contributed by atoms with Gasteiger partial charge in [0, 0.05) is 6.20 Å². The molecule has 0 fully saturated rings. The number of hydrogen-bond acceptors (Lipinski definition) is 2. The van der Waals surface area contributed by atoms with Crippen LogP contribution in [0.4, 0.5) is 0 Å². The van der Waals surface area contributed by atoms with Crippen molar-refractivity contribution in [1.82, 2.24) is 9.78 Å². The second-order valence-corrected chi connectivity index (χ2v) is 2.25. The van der Waals surface area contributed by atoms with Crippen LogP contribution in [-0.2, 0) is 17.8 Å². The second-order valence-electron chi connectivity index (χ2n) is 2.25. The van der Waals surface area contributed by atoms with Crippen molar-refractivity contribution in [2.24, 2.45) is 0 Å². The summed E-state index contributed by atoms with van der Waals surface area (Å²) >= 11 is 0. The average molecular weight is 154 g/mol. The fraction of sp³-hybridized carbons (Fsp3) is 0.429. The van der Waals surface area contributed by atoms with Crippen LogP contribution in [0.2, 0.25) is 0 Å². The molecule has 0 saturated carbocycles. The van der Waals surface area contributed by atoms with E-state index in [1.165, 1.54) is 4.68 Å². The molecule has 0 aliphatic heterocycles. The highest BCUT2D eigenvalue weighted by Gasteiger charge is 1.99. The van der Waals surface area contributed by atoms with E-state index in [2.05, 4.69) is 5.10 Å². The summed E-state index contributed by atoms with van der Waals surface area (Å²) in [7, 11) is 0. The zero-order valence-electron chi connectivity index (χ0n) is 6.32. The number of nitrogens with zero attached hydrogens (tertiary/aromatic N) is 2. The van der Waals surface area contributed by atoms with E-state index in [1.54, 1.807) is 6.20 Å². The number of hydrogen-bond donors (Lipinski definition) is 1. The number of aliphatic carboxylic acids is 1. The Hall–Kier alpha value is -1.32. The minimum Gasteiger partial charge on any atom is -0.480 e. The SMILES string of the molecule is CCc1ccn(CC(=O)O)n1. The van der Waals surface area contributed by atoms with Crippen LogP contribution in [0.1, 0.15) is 12.6 Å². The predicted octanol–water partition coefficient (Wildman–Crippen LogP) is 0.530. The minimum atomic E-state index is -0.865. The molecule has 0 bridgehead atoms. The summed E-state index contributed by atoms with van der Waals surface area (Å²) in [5.74, 6) is -0.865. The lowest BCUT2D eigenvalue weighted by atomic mass is 10.4. The highest BCUT2D eigenvalue weighted by molar-refractivity contribution is 5.66. The van der Waals surface area contributed by atoms with E-state index in [0.29, 0.717) is 0 Å². The molecule has 0 amide bonds. The summed E-state index contributed by atoms with van der Waals surface area (Å²) in [5, 5.41) is 12.4. The van der Waals surface area contributed by atoms with Crippen molar-refractivity contribution in [3.8, 4) is 0 Å². The van der Waals surface area contributed by atoms with Gasteiger partial charge in [-0.15, -0.1) is 0 Å². The lowest BCUT2D eigenvalue weighted by Crippen LogP contribution is -2.09. The molecule has 0 aromatic carbocycles. The Morgan fingerprint density at radius 3 is 3.00 bits per heavy atom. The maximum absolute atomic E-state index is 10.2. The Bertz CT molecular complexity index is 255. The summed E-state index contributed by atoms with van der Waals surface area (Å²) in [4.78, 5) is 10.2. The zero-order chi connectivity index (χ0) is 8.27. The summed E-state index contributed by atoms with van der Waals surface area (Å²) in [6.45, 7) is 1.92. The van der Waals surface area contributed by atoms with Crippen molar-refractivity contribution < 1.29 is 9.90 Å². The van der Waals surface area contributed by atoms with Gasteiger partial charge in [-0.25, -0.2) is 0 Å². The standard InChI is InChI=1S/C7H10N2O2/c1-2-6-3-4-9(8-6)5-7(10)11/h3-4H,2,5H2,1H3,(H,10,11). The first kappa shape index (κ1) is 7.78. The number of carbonyl (C=O) groups is 1. The van der Waals surface area contributed by atoms with E-state index in [1.807, 2.05) is 13.0 Å². The van der Waals surface area contributed by atoms with Gasteiger partial charge in [-0.05, 0) is 12.5 Å². The Morgan fingerprint density at radius 2 is 2.55 bits per heavy atom. The molecule has 0 unspecified atom stereocenters. The molecular formula is C7H10N2O2. The van der Waals surface area contributed by atoms with E-state index in [4.69, 9.17) is 5.11 Å². The molecule has 60 valence electrons. The van der Waals surface area contributed by atoms with Gasteiger partial charge in [-0.2, -0.15) is 5.10 Å². The number of aryl methyl sites for hydroxylation is 1. The maximum atomic E-state index is 10.2. The van der Waals surface area contributed by atoms with Gasteiger partial charge in [0.2, 0.25) is 0 Å². The van der Waals surface area contributed by atoms with E-state index in [9.17, 15) is 4.79 Å². The molecule has 0 spiro atoms. The minimum absolute atomic E-state index is 0.0556. The Balaban J connectivity index is 2.65. The molecule has 1 heterocycles. The maximum Gasteiger partial charge on any atom is 0.325 e. The molecule has 1 aromatic heterocycles. The highest BCUT2D eigenvalue weighted by Crippen LogP contribution is 1.95. The predicted molar refractivity (Wildman–Crippen MR) is 39.2 cm³/mol. The van der Waals surface area contributed by atoms with Crippen LogP contribution in [0.25, 0.3) is 0 Å². The Kier molecular flexibility index (Phi) is 2.25. The summed E-state index contributed by atoms with van der Waals surface area (Å²) in [6, 6.07) is 1.82. The number of carboxylic acid groups (broad SMARTS) is 1. The first-order valence-corrected chi connectivity index (χ1v) is 3.46. The topological polar surface area (TPSA) is 55.1 Å². The smallest absolute Gasteiger partial charge is 0.325 e. The molecule has 1 aromatic rings. The van der Waals surface area contributed by atoms with E-state index < -0.39 is 5.97 Å². The second kappa shape index (κ2) is 3.18. The third-order valence-corrected chi connectivity index (χ3v) is 1.36. The van der Waals surface area contributed by atoms with Gasteiger partial charge in [-0.1, -0.05) is 6.92 Å². The van der Waals surface area contributed by atoms with Crippen LogP contribution in [0.3, 0.4) is 0 Å². The summed E-state index contributed by atoms with van der Waals surface area (Å²) < 4.78 is 1.42. The van der Waals surface area contributed by atoms with Gasteiger partial charge in [0.15, 0.2) is 0 Å². The van der Waals surface area contributed by atoms with Crippen LogP contribution in [0.15, 0.2) is 12.3 Å². The Morgan fingerprint density at radius 1 is 1.82 bits per heavy atom. The van der Waals surface area contributed by atoms with Gasteiger partial charge in [0.05, 0.1) is 5.69 Å². The number of aromatic nitrogens is 2. The molecule has 0 aliphatic rings. The van der Waals surface area contributed by atoms with Crippen LogP contribution in [0, 0.1) is 0 Å². The molecule has 4 heteroatoms. The average Bonchev–Trinajstić information content (AvgIpc) is 2.34. The van der Waals surface area contributed by atoms with Crippen molar-refractivity contribution in [2.75, 3.05) is 0 Å². The molecule has 0 radical (unpaired) electrons. The van der Waals surface area contributed by atoms with Crippen LogP contribution in [0.5, 0.6) is 0 Å². The van der Waals surface area contributed by atoms with E-state index in [0.717, 1.165) is 12.1 Å². The molecular weight excluding hydrogens is 144 g/mol. The third kappa shape index (κ3) is 2.07. The van der Waals surface area contributed by atoms with Gasteiger partial charge < -0.3 is 5.11 Å². The molecule has 0 aliphatic carbocycles. The van der Waals surface area contributed by atoms with Crippen molar-refractivity contribution in [2.45, 2.75) is 19.9 Å². The number of carboxylic acids is 1. The van der Waals surface area contributed by atoms with Crippen molar-refractivity contribution in [3.05, 3.63) is 18.0 Å². The molecule has 0 atom stereocenters. The van der Waals surface area contributed by atoms with Gasteiger partial charge in [0.1, 0.15) is 6.54 Å². The van der Waals surface area contributed by atoms with Gasteiger partial charge in [0.25, 0.3) is 0 Å². The van der Waals surface area contributed by atoms with Crippen molar-refractivity contribution in [3.63, 3.8) is 0 Å². The monoisotopic (exact) mass is 154 g/mol. The van der Waals surface area contributed by atoms with Crippen molar-refractivity contribution >= 4 is 5.97 Å². The first-order valence-electron chi connectivity index (χ1n) is 3.46. The van der Waals surface area contributed by atoms with Gasteiger partial charge in [-0.3, -0.25) is 9.48 Å². The largest absolute Gasteiger partial charge is 0.480 e. The van der Waals surface area contributed by atoms with Crippen LogP contribution >= 0.6 is 0 Å². The normalized spacial score (nSPS) is 9.91. The lowest BCUT2D eigenvalue weighted by Gasteiger charge is -1.93. The molecule has 1 rings (SSSR count). The van der Waals surface area contributed by atoms with E-state index >= 15 is 0 Å². The Labute approximate surface area is 64.5 Å². The number of rotatable bonds is 3. The molecule has 11 heavy (non-hydrogen) atoms. The zero-order valence-corrected chi connectivity index (χ0v) is 6.32. The van der Waals surface area contributed by atoms with Crippen LogP contribution < -0.4 is 0 Å². The van der Waals surface area contributed by atoms with E-state index in [-0.39, 0.29) is 6.54 Å². The fourth-order valence-electron chi connectivity index (χ4n) is 0.819. The third-order valence-electron chi connectivity index (χ3n) is 1.36. The lowest BCUT2D eigenvalue weighted by molar-refractivity contribution is -0.137.